The average Bonchev–Trinajstić information content (AvgIpc) is 3.15. The fourth-order valence-electron chi connectivity index (χ4n) is 5.83. The molecule has 0 unspecified atom stereocenters. The summed E-state index contributed by atoms with van der Waals surface area (Å²) in [6, 6.07) is 0. The highest BCUT2D eigenvalue weighted by atomic mass is 31.2. The first-order valence-electron chi connectivity index (χ1n) is 21.8. The van der Waals surface area contributed by atoms with Gasteiger partial charge in [0, 0.05) is 12.8 Å². The summed E-state index contributed by atoms with van der Waals surface area (Å²) in [5.74, 6) is -0.243. The van der Waals surface area contributed by atoms with Gasteiger partial charge in [-0.15, -0.1) is 0 Å². The predicted octanol–water partition coefficient (Wildman–Crippen LogP) is 11.3. The molecule has 0 aromatic rings. The molecule has 0 aromatic carbocycles. The Kier molecular flexibility index (Phi) is 37.1. The molecule has 0 saturated carbocycles. The summed E-state index contributed by atoms with van der Waals surface area (Å²) in [6.45, 7) is 5.68. The molecule has 0 bridgehead atoms. The zero-order valence-electron chi connectivity index (χ0n) is 35.6. The van der Waals surface area contributed by atoms with Crippen molar-refractivity contribution < 1.29 is 48.2 Å². The summed E-state index contributed by atoms with van der Waals surface area (Å²) >= 11 is 0. The lowest BCUT2D eigenvalue weighted by molar-refractivity contribution is -0.161. The van der Waals surface area contributed by atoms with Gasteiger partial charge < -0.3 is 29.5 Å². The van der Waals surface area contributed by atoms with Crippen LogP contribution in [0, 0.1) is 5.92 Å². The molecule has 0 aliphatic rings. The molecule has 4 N–H and O–H groups in total. The molecule has 11 heteroatoms. The van der Waals surface area contributed by atoms with Gasteiger partial charge in [-0.1, -0.05) is 190 Å². The van der Waals surface area contributed by atoms with E-state index in [9.17, 15) is 24.4 Å². The van der Waals surface area contributed by atoms with Crippen molar-refractivity contribution in [1.82, 2.24) is 0 Å². The second-order valence-corrected chi connectivity index (χ2v) is 16.4. The summed E-state index contributed by atoms with van der Waals surface area (Å²) in [7, 11) is -4.81. The van der Waals surface area contributed by atoms with Gasteiger partial charge in [0.25, 0.3) is 0 Å². The van der Waals surface area contributed by atoms with E-state index in [1.54, 1.807) is 30.4 Å². The standard InChI is InChI=1S/C46H79O10P/c1-4-5-25-33-42(47)34-27-21-17-15-18-22-28-35-43(48)36-29-24-31-38-46(50)56-44(40-55-57(51,52)53)39-54-45(49)37-30-23-19-14-12-10-8-6-7-9-11-13-16-20-26-32-41(2)3/h5,17-18,21-22,25,27-29,34-36,41-44,47-48H,4,6-16,19-20,23-24,26,30-33,37-40H2,1-3H3,(H2,51,52,53)/b21-17-,22-18-,25-5-,34-27+,35-28+,36-29-/t42-,43-,44+/m0/s1. The van der Waals surface area contributed by atoms with Gasteiger partial charge >= 0.3 is 19.8 Å². The number of aliphatic hydroxyl groups is 2. The molecule has 0 fully saturated rings. The summed E-state index contributed by atoms with van der Waals surface area (Å²) in [4.78, 5) is 42.9. The third-order valence-electron chi connectivity index (χ3n) is 9.09. The van der Waals surface area contributed by atoms with Gasteiger partial charge in [0.2, 0.25) is 0 Å². The number of rotatable bonds is 38. The van der Waals surface area contributed by atoms with E-state index in [0.29, 0.717) is 32.1 Å². The molecule has 0 aromatic heterocycles. The van der Waals surface area contributed by atoms with Gasteiger partial charge in [0.15, 0.2) is 6.10 Å². The van der Waals surface area contributed by atoms with Crippen LogP contribution in [0.15, 0.2) is 72.9 Å². The Labute approximate surface area is 345 Å². The Morgan fingerprint density at radius 2 is 1.16 bits per heavy atom. The van der Waals surface area contributed by atoms with Crippen LogP contribution in [0.2, 0.25) is 0 Å². The number of hydrogen-bond acceptors (Lipinski definition) is 8. The molecule has 0 radical (unpaired) electrons. The fourth-order valence-corrected chi connectivity index (χ4v) is 6.19. The van der Waals surface area contributed by atoms with Crippen molar-refractivity contribution in [2.45, 2.75) is 187 Å². The highest BCUT2D eigenvalue weighted by molar-refractivity contribution is 7.46. The number of ether oxygens (including phenoxy) is 2. The van der Waals surface area contributed by atoms with Gasteiger partial charge in [-0.2, -0.15) is 0 Å². The molecule has 3 atom stereocenters. The topological polar surface area (TPSA) is 160 Å². The summed E-state index contributed by atoms with van der Waals surface area (Å²) in [5, 5.41) is 19.9. The lowest BCUT2D eigenvalue weighted by Crippen LogP contribution is -2.29. The monoisotopic (exact) mass is 823 g/mol. The number of carbonyl (C=O) groups excluding carboxylic acids is 2. The van der Waals surface area contributed by atoms with E-state index in [2.05, 4.69) is 25.3 Å². The largest absolute Gasteiger partial charge is 0.469 e. The van der Waals surface area contributed by atoms with Crippen LogP contribution in [0.5, 0.6) is 0 Å². The van der Waals surface area contributed by atoms with Gasteiger partial charge in [0.05, 0.1) is 18.8 Å². The number of carbonyl (C=O) groups is 2. The first-order valence-corrected chi connectivity index (χ1v) is 23.4. The van der Waals surface area contributed by atoms with Crippen LogP contribution in [-0.4, -0.2) is 63.5 Å². The minimum absolute atomic E-state index is 0.0235. The van der Waals surface area contributed by atoms with Crippen LogP contribution in [-0.2, 0) is 28.2 Å². The Morgan fingerprint density at radius 1 is 0.614 bits per heavy atom. The lowest BCUT2D eigenvalue weighted by atomic mass is 10.0. The third-order valence-corrected chi connectivity index (χ3v) is 9.58. The molecular weight excluding hydrogens is 743 g/mol. The Balaban J connectivity index is 4.15. The van der Waals surface area contributed by atoms with E-state index in [1.807, 2.05) is 42.5 Å². The van der Waals surface area contributed by atoms with Crippen LogP contribution in [0.4, 0.5) is 0 Å². The summed E-state index contributed by atoms with van der Waals surface area (Å²) < 4.78 is 26.3. The van der Waals surface area contributed by atoms with Crippen LogP contribution < -0.4 is 0 Å². The van der Waals surface area contributed by atoms with E-state index in [-0.39, 0.29) is 19.4 Å². The van der Waals surface area contributed by atoms with Crippen molar-refractivity contribution in [2.75, 3.05) is 13.2 Å². The number of phosphoric acid groups is 1. The predicted molar refractivity (Wildman–Crippen MR) is 232 cm³/mol. The average molecular weight is 823 g/mol. The van der Waals surface area contributed by atoms with E-state index in [1.165, 1.54) is 77.0 Å². The molecule has 0 aliphatic heterocycles. The van der Waals surface area contributed by atoms with Crippen molar-refractivity contribution in [2.24, 2.45) is 5.92 Å². The van der Waals surface area contributed by atoms with Crippen LogP contribution in [0.3, 0.4) is 0 Å². The number of esters is 2. The maximum absolute atomic E-state index is 12.4. The lowest BCUT2D eigenvalue weighted by Gasteiger charge is -2.18. The zero-order chi connectivity index (χ0) is 42.2. The first kappa shape index (κ1) is 54.4. The molecule has 57 heavy (non-hydrogen) atoms. The minimum atomic E-state index is -4.81. The molecule has 0 rings (SSSR count). The molecule has 0 saturated heterocycles. The van der Waals surface area contributed by atoms with Crippen LogP contribution in [0.25, 0.3) is 0 Å². The third kappa shape index (κ3) is 42.8. The fraction of sp³-hybridized carbons (Fsp3) is 0.696. The highest BCUT2D eigenvalue weighted by Gasteiger charge is 2.22. The molecule has 0 aliphatic carbocycles. The van der Waals surface area contributed by atoms with Crippen LogP contribution >= 0.6 is 7.82 Å². The van der Waals surface area contributed by atoms with E-state index in [4.69, 9.17) is 19.3 Å². The number of aliphatic hydroxyl groups excluding tert-OH is 2. The van der Waals surface area contributed by atoms with Crippen molar-refractivity contribution >= 4 is 19.8 Å². The quantitative estimate of drug-likeness (QED) is 0.0155. The maximum Gasteiger partial charge on any atom is 0.469 e. The first-order chi connectivity index (χ1) is 27.4. The highest BCUT2D eigenvalue weighted by Crippen LogP contribution is 2.36. The van der Waals surface area contributed by atoms with E-state index < -0.39 is 44.7 Å². The molecule has 10 nitrogen and oxygen atoms in total. The molecular formula is C46H79O10P. The summed E-state index contributed by atoms with van der Waals surface area (Å²) in [6.07, 6.45) is 42.7. The second-order valence-electron chi connectivity index (χ2n) is 15.2. The summed E-state index contributed by atoms with van der Waals surface area (Å²) in [5.41, 5.74) is 0. The minimum Gasteiger partial charge on any atom is -0.462 e. The molecule has 0 spiro atoms. The SMILES string of the molecule is CC/C=C\C[C@H](O)/C=C/C=C\C/C=C\C=C\[C@H](O)/C=C\CCCC(=O)O[C@H](COC(=O)CCCCCCCCCCCCCCCCCC(C)C)COP(=O)(O)O. The Morgan fingerprint density at radius 3 is 1.72 bits per heavy atom. The normalized spacial score (nSPS) is 14.4. The van der Waals surface area contributed by atoms with E-state index >= 15 is 0 Å². The number of allylic oxidation sites excluding steroid dienone is 8. The van der Waals surface area contributed by atoms with E-state index in [0.717, 1.165) is 31.6 Å². The van der Waals surface area contributed by atoms with Crippen molar-refractivity contribution in [3.63, 3.8) is 0 Å². The Bertz CT molecular complexity index is 1200. The van der Waals surface area contributed by atoms with Gasteiger partial charge in [-0.25, -0.2) is 4.57 Å². The molecule has 0 heterocycles. The Hall–Kier alpha value is -2.59. The van der Waals surface area contributed by atoms with Gasteiger partial charge in [0.1, 0.15) is 6.61 Å². The number of unbranched alkanes of at least 4 members (excludes halogenated alkanes) is 15. The number of phosphoric ester groups is 1. The zero-order valence-corrected chi connectivity index (χ0v) is 36.5. The second kappa shape index (κ2) is 38.9. The number of hydrogen-bond donors (Lipinski definition) is 4. The molecule has 0 amide bonds. The van der Waals surface area contributed by atoms with Gasteiger partial charge in [-0.3, -0.25) is 14.1 Å². The maximum atomic E-state index is 12.4. The van der Waals surface area contributed by atoms with Crippen molar-refractivity contribution in [1.29, 1.82) is 0 Å². The smallest absolute Gasteiger partial charge is 0.462 e. The van der Waals surface area contributed by atoms with Crippen molar-refractivity contribution in [3.05, 3.63) is 72.9 Å². The van der Waals surface area contributed by atoms with Gasteiger partial charge in [-0.05, 0) is 44.4 Å². The van der Waals surface area contributed by atoms with Crippen LogP contribution in [0.1, 0.15) is 168 Å². The van der Waals surface area contributed by atoms with Crippen molar-refractivity contribution in [3.8, 4) is 0 Å². The molecule has 328 valence electrons.